The third-order valence-corrected chi connectivity index (χ3v) is 1.85. The van der Waals surface area contributed by atoms with E-state index in [4.69, 9.17) is 9.68 Å². The van der Waals surface area contributed by atoms with Crippen LogP contribution in [0.1, 0.15) is 11.3 Å². The van der Waals surface area contributed by atoms with E-state index in [9.17, 15) is 0 Å². The Morgan fingerprint density at radius 3 is 2.92 bits per heavy atom. The second kappa shape index (κ2) is 2.38. The highest BCUT2D eigenvalue weighted by Crippen LogP contribution is 2.21. The Hall–Kier alpha value is -1.75. The molecular weight excluding hydrogens is 150 g/mol. The van der Waals surface area contributed by atoms with Crippen molar-refractivity contribution < 1.29 is 4.42 Å². The smallest absolute Gasteiger partial charge is 0.204 e. The van der Waals surface area contributed by atoms with Crippen LogP contribution in [-0.2, 0) is 0 Å². The van der Waals surface area contributed by atoms with Crippen molar-refractivity contribution >= 4 is 11.0 Å². The van der Waals surface area contributed by atoms with Crippen molar-refractivity contribution in [1.29, 1.82) is 5.26 Å². The van der Waals surface area contributed by atoms with Gasteiger partial charge in [0.15, 0.2) is 0 Å². The molecule has 0 atom stereocenters. The molecule has 2 nitrogen and oxygen atoms in total. The van der Waals surface area contributed by atoms with Crippen molar-refractivity contribution in [3.63, 3.8) is 0 Å². The van der Waals surface area contributed by atoms with E-state index in [1.54, 1.807) is 6.07 Å². The first-order valence-electron chi connectivity index (χ1n) is 3.70. The summed E-state index contributed by atoms with van der Waals surface area (Å²) in [6, 6.07) is 9.58. The molecule has 1 aromatic carbocycles. The number of aryl methyl sites for hydroxylation is 1. The Bertz CT molecular complexity index is 462. The largest absolute Gasteiger partial charge is 0.445 e. The van der Waals surface area contributed by atoms with Gasteiger partial charge in [0, 0.05) is 11.5 Å². The predicted molar refractivity (Wildman–Crippen MR) is 45.7 cm³/mol. The van der Waals surface area contributed by atoms with Crippen LogP contribution in [0.2, 0.25) is 0 Å². The number of nitriles is 1. The molecule has 0 aliphatic carbocycles. The van der Waals surface area contributed by atoms with Crippen LogP contribution in [0.5, 0.6) is 0 Å². The molecule has 2 heteroatoms. The Labute approximate surface area is 70.0 Å². The number of benzene rings is 1. The number of nitrogens with zero attached hydrogens (tertiary/aromatic N) is 1. The fraction of sp³-hybridized carbons (Fsp3) is 0.100. The van der Waals surface area contributed by atoms with E-state index < -0.39 is 0 Å². The SMILES string of the molecule is Cc1cccc2cc(C#N)oc12. The van der Waals surface area contributed by atoms with Gasteiger partial charge in [-0.1, -0.05) is 18.2 Å². The number of hydrogen-bond acceptors (Lipinski definition) is 2. The van der Waals surface area contributed by atoms with E-state index in [-0.39, 0.29) is 0 Å². The maximum Gasteiger partial charge on any atom is 0.204 e. The van der Waals surface area contributed by atoms with Gasteiger partial charge in [-0.15, -0.1) is 0 Å². The van der Waals surface area contributed by atoms with Gasteiger partial charge in [-0.25, -0.2) is 0 Å². The lowest BCUT2D eigenvalue weighted by Gasteiger charge is -1.90. The lowest BCUT2D eigenvalue weighted by atomic mass is 10.2. The number of rotatable bonds is 0. The molecule has 0 amide bonds. The average molecular weight is 157 g/mol. The van der Waals surface area contributed by atoms with Crippen LogP contribution >= 0.6 is 0 Å². The van der Waals surface area contributed by atoms with Gasteiger partial charge in [0.05, 0.1) is 0 Å². The lowest BCUT2D eigenvalue weighted by molar-refractivity contribution is 0.597. The number of furan rings is 1. The molecule has 0 fully saturated rings. The molecule has 0 spiro atoms. The van der Waals surface area contributed by atoms with Crippen LogP contribution in [0.15, 0.2) is 28.7 Å². The molecule has 2 rings (SSSR count). The molecule has 2 aromatic rings. The summed E-state index contributed by atoms with van der Waals surface area (Å²) in [4.78, 5) is 0. The summed E-state index contributed by atoms with van der Waals surface area (Å²) in [5.74, 6) is 0.374. The first-order valence-corrected chi connectivity index (χ1v) is 3.70. The molecule has 58 valence electrons. The van der Waals surface area contributed by atoms with Crippen molar-refractivity contribution in [3.8, 4) is 6.07 Å². The van der Waals surface area contributed by atoms with Gasteiger partial charge in [0.2, 0.25) is 5.76 Å². The molecule has 1 heterocycles. The van der Waals surface area contributed by atoms with Crippen LogP contribution in [-0.4, -0.2) is 0 Å². The van der Waals surface area contributed by atoms with Crippen molar-refractivity contribution in [2.75, 3.05) is 0 Å². The molecule has 0 unspecified atom stereocenters. The zero-order chi connectivity index (χ0) is 8.55. The van der Waals surface area contributed by atoms with Crippen LogP contribution in [0, 0.1) is 18.3 Å². The van der Waals surface area contributed by atoms with Crippen molar-refractivity contribution in [2.24, 2.45) is 0 Å². The second-order valence-corrected chi connectivity index (χ2v) is 2.72. The molecule has 0 aliphatic heterocycles. The fourth-order valence-electron chi connectivity index (χ4n) is 1.26. The molecule has 0 saturated heterocycles. The zero-order valence-electron chi connectivity index (χ0n) is 6.66. The van der Waals surface area contributed by atoms with Crippen LogP contribution < -0.4 is 0 Å². The third kappa shape index (κ3) is 0.876. The first kappa shape index (κ1) is 6.93. The Kier molecular flexibility index (Phi) is 1.38. The second-order valence-electron chi connectivity index (χ2n) is 2.72. The van der Waals surface area contributed by atoms with E-state index in [1.165, 1.54) is 0 Å². The third-order valence-electron chi connectivity index (χ3n) is 1.85. The molecular formula is C10H7NO. The Morgan fingerprint density at radius 1 is 1.42 bits per heavy atom. The van der Waals surface area contributed by atoms with Gasteiger partial charge in [-0.05, 0) is 12.5 Å². The molecule has 0 radical (unpaired) electrons. The topological polar surface area (TPSA) is 36.9 Å². The van der Waals surface area contributed by atoms with Crippen LogP contribution in [0.4, 0.5) is 0 Å². The Morgan fingerprint density at radius 2 is 2.25 bits per heavy atom. The van der Waals surface area contributed by atoms with Gasteiger partial charge in [-0.3, -0.25) is 0 Å². The zero-order valence-corrected chi connectivity index (χ0v) is 6.66. The highest BCUT2D eigenvalue weighted by molar-refractivity contribution is 5.81. The van der Waals surface area contributed by atoms with E-state index >= 15 is 0 Å². The molecule has 0 bridgehead atoms. The maximum absolute atomic E-state index is 8.59. The average Bonchev–Trinajstić information content (AvgIpc) is 2.49. The van der Waals surface area contributed by atoms with Crippen molar-refractivity contribution in [3.05, 3.63) is 35.6 Å². The summed E-state index contributed by atoms with van der Waals surface area (Å²) < 4.78 is 5.29. The minimum Gasteiger partial charge on any atom is -0.445 e. The summed E-state index contributed by atoms with van der Waals surface area (Å²) in [6.45, 7) is 1.97. The molecule has 1 aromatic heterocycles. The summed E-state index contributed by atoms with van der Waals surface area (Å²) in [5, 5.41) is 9.58. The molecule has 12 heavy (non-hydrogen) atoms. The Balaban J connectivity index is 2.85. The van der Waals surface area contributed by atoms with Crippen molar-refractivity contribution in [1.82, 2.24) is 0 Å². The lowest BCUT2D eigenvalue weighted by Crippen LogP contribution is -1.69. The van der Waals surface area contributed by atoms with E-state index in [0.717, 1.165) is 16.5 Å². The standard InChI is InChI=1S/C10H7NO/c1-7-3-2-4-8-5-9(6-11)12-10(7)8/h2-5H,1H3. The van der Waals surface area contributed by atoms with Gasteiger partial charge in [0.1, 0.15) is 11.7 Å². The van der Waals surface area contributed by atoms with Gasteiger partial charge < -0.3 is 4.42 Å². The van der Waals surface area contributed by atoms with E-state index in [0.29, 0.717) is 5.76 Å². The summed E-state index contributed by atoms with van der Waals surface area (Å²) >= 11 is 0. The van der Waals surface area contributed by atoms with Gasteiger partial charge in [-0.2, -0.15) is 5.26 Å². The highest BCUT2D eigenvalue weighted by Gasteiger charge is 2.03. The number of hydrogen-bond donors (Lipinski definition) is 0. The van der Waals surface area contributed by atoms with E-state index in [2.05, 4.69) is 0 Å². The molecule has 0 saturated carbocycles. The fourth-order valence-corrected chi connectivity index (χ4v) is 1.26. The maximum atomic E-state index is 8.59. The summed E-state index contributed by atoms with van der Waals surface area (Å²) in [5.41, 5.74) is 1.88. The van der Waals surface area contributed by atoms with Crippen LogP contribution in [0.25, 0.3) is 11.0 Å². The van der Waals surface area contributed by atoms with E-state index in [1.807, 2.05) is 31.2 Å². The highest BCUT2D eigenvalue weighted by atomic mass is 16.3. The number of fused-ring (bicyclic) bond motifs is 1. The van der Waals surface area contributed by atoms with Gasteiger partial charge in [0.25, 0.3) is 0 Å². The number of para-hydroxylation sites is 1. The molecule has 0 aliphatic rings. The van der Waals surface area contributed by atoms with Crippen molar-refractivity contribution in [2.45, 2.75) is 6.92 Å². The van der Waals surface area contributed by atoms with Gasteiger partial charge >= 0.3 is 0 Å². The van der Waals surface area contributed by atoms with Crippen LogP contribution in [0.3, 0.4) is 0 Å². The summed E-state index contributed by atoms with van der Waals surface area (Å²) in [6.07, 6.45) is 0. The quantitative estimate of drug-likeness (QED) is 0.589. The summed E-state index contributed by atoms with van der Waals surface area (Å²) in [7, 11) is 0. The predicted octanol–water partition coefficient (Wildman–Crippen LogP) is 2.61. The minimum absolute atomic E-state index is 0.374. The minimum atomic E-state index is 0.374. The monoisotopic (exact) mass is 157 g/mol. The first-order chi connectivity index (χ1) is 5.81. The molecule has 0 N–H and O–H groups in total. The normalized spacial score (nSPS) is 10.0.